The van der Waals surface area contributed by atoms with Crippen molar-refractivity contribution in [2.75, 3.05) is 31.1 Å². The lowest BCUT2D eigenvalue weighted by atomic mass is 9.92. The number of carbonyl (C=O) groups excluding carboxylic acids is 1. The van der Waals surface area contributed by atoms with Crippen LogP contribution in [0.1, 0.15) is 44.1 Å². The van der Waals surface area contributed by atoms with Crippen LogP contribution in [0.15, 0.2) is 24.3 Å². The summed E-state index contributed by atoms with van der Waals surface area (Å²) in [6.45, 7) is 4.06. The highest BCUT2D eigenvalue weighted by atomic mass is 16.2. The normalized spacial score (nSPS) is 26.5. The van der Waals surface area contributed by atoms with Gasteiger partial charge in [0.25, 0.3) is 0 Å². The van der Waals surface area contributed by atoms with Gasteiger partial charge >= 0.3 is 0 Å². The molecule has 25 heavy (non-hydrogen) atoms. The summed E-state index contributed by atoms with van der Waals surface area (Å²) in [6.07, 6.45) is 6.94. The number of likely N-dealkylation sites (tertiary alicyclic amines) is 1. The summed E-state index contributed by atoms with van der Waals surface area (Å²) >= 11 is 0. The fraction of sp³-hybridized carbons (Fsp3) is 0.619. The van der Waals surface area contributed by atoms with Gasteiger partial charge in [-0.25, -0.2) is 0 Å². The van der Waals surface area contributed by atoms with Gasteiger partial charge in [0, 0.05) is 38.3 Å². The number of amides is 1. The van der Waals surface area contributed by atoms with Crippen molar-refractivity contribution in [2.45, 2.75) is 38.5 Å². The summed E-state index contributed by atoms with van der Waals surface area (Å²) in [5.41, 5.74) is 1.90. The summed E-state index contributed by atoms with van der Waals surface area (Å²) in [5.74, 6) is 2.51. The van der Waals surface area contributed by atoms with E-state index < -0.39 is 0 Å². The zero-order valence-electron chi connectivity index (χ0n) is 14.9. The molecule has 2 saturated heterocycles. The summed E-state index contributed by atoms with van der Waals surface area (Å²) in [5, 5.41) is 8.90. The highest BCUT2D eigenvalue weighted by molar-refractivity contribution is 5.76. The Bertz CT molecular complexity index is 643. The molecule has 1 aromatic rings. The highest BCUT2D eigenvalue weighted by Crippen LogP contribution is 2.38. The van der Waals surface area contributed by atoms with Crippen LogP contribution in [0.25, 0.3) is 0 Å². The number of nitrogens with zero attached hydrogens (tertiary/aromatic N) is 3. The molecular weight excluding hydrogens is 310 g/mol. The van der Waals surface area contributed by atoms with Crippen LogP contribution in [-0.4, -0.2) is 37.0 Å². The van der Waals surface area contributed by atoms with E-state index in [0.717, 1.165) is 57.3 Å². The number of rotatable bonds is 3. The van der Waals surface area contributed by atoms with Gasteiger partial charge in [0.1, 0.15) is 0 Å². The minimum atomic E-state index is 0.395. The maximum atomic E-state index is 12.6. The SMILES string of the molecule is N#Cc1ccc(N2CCC(CC(=O)N3CC4CCCC4C3)CC2)cc1. The average Bonchev–Trinajstić information content (AvgIpc) is 3.24. The Morgan fingerprint density at radius 3 is 2.28 bits per heavy atom. The summed E-state index contributed by atoms with van der Waals surface area (Å²) in [7, 11) is 0. The van der Waals surface area contributed by atoms with Gasteiger partial charge in [-0.1, -0.05) is 6.42 Å². The fourth-order valence-electron chi connectivity index (χ4n) is 4.96. The molecule has 4 rings (SSSR count). The minimum Gasteiger partial charge on any atom is -0.372 e. The van der Waals surface area contributed by atoms with Gasteiger partial charge in [-0.3, -0.25) is 4.79 Å². The van der Waals surface area contributed by atoms with Crippen LogP contribution in [0.2, 0.25) is 0 Å². The Hall–Kier alpha value is -2.02. The molecule has 4 nitrogen and oxygen atoms in total. The first-order valence-corrected chi connectivity index (χ1v) is 9.76. The summed E-state index contributed by atoms with van der Waals surface area (Å²) < 4.78 is 0. The fourth-order valence-corrected chi connectivity index (χ4v) is 4.96. The predicted molar refractivity (Wildman–Crippen MR) is 98.1 cm³/mol. The number of carbonyl (C=O) groups is 1. The van der Waals surface area contributed by atoms with Crippen molar-refractivity contribution in [3.8, 4) is 6.07 Å². The third-order valence-corrected chi connectivity index (χ3v) is 6.52. The number of anilines is 1. The van der Waals surface area contributed by atoms with Gasteiger partial charge in [-0.2, -0.15) is 5.26 Å². The quantitative estimate of drug-likeness (QED) is 0.849. The molecule has 2 unspecified atom stereocenters. The number of nitriles is 1. The number of benzene rings is 1. The third-order valence-electron chi connectivity index (χ3n) is 6.52. The Labute approximate surface area is 150 Å². The van der Waals surface area contributed by atoms with Crippen molar-refractivity contribution in [1.82, 2.24) is 4.90 Å². The second-order valence-electron chi connectivity index (χ2n) is 8.04. The number of hydrogen-bond donors (Lipinski definition) is 0. The molecule has 2 atom stereocenters. The van der Waals surface area contributed by atoms with Crippen molar-refractivity contribution >= 4 is 11.6 Å². The van der Waals surface area contributed by atoms with Gasteiger partial charge in [0.05, 0.1) is 11.6 Å². The first-order valence-electron chi connectivity index (χ1n) is 9.76. The van der Waals surface area contributed by atoms with Crippen LogP contribution < -0.4 is 4.90 Å². The van der Waals surface area contributed by atoms with E-state index in [-0.39, 0.29) is 0 Å². The number of hydrogen-bond acceptors (Lipinski definition) is 3. The lowest BCUT2D eigenvalue weighted by molar-refractivity contribution is -0.131. The van der Waals surface area contributed by atoms with E-state index in [1.807, 2.05) is 24.3 Å². The largest absolute Gasteiger partial charge is 0.372 e. The molecule has 0 radical (unpaired) electrons. The van der Waals surface area contributed by atoms with Gasteiger partial charge in [-0.15, -0.1) is 0 Å². The maximum Gasteiger partial charge on any atom is 0.222 e. The number of fused-ring (bicyclic) bond motifs is 1. The molecule has 3 fully saturated rings. The maximum absolute atomic E-state index is 12.6. The summed E-state index contributed by atoms with van der Waals surface area (Å²) in [6, 6.07) is 10.0. The lowest BCUT2D eigenvalue weighted by Gasteiger charge is -2.34. The standard InChI is InChI=1S/C21H27N3O/c22-13-17-4-6-20(7-5-17)23-10-8-16(9-11-23)12-21(25)24-14-18-2-1-3-19(18)15-24/h4-7,16,18-19H,1-3,8-12,14-15H2. The second kappa shape index (κ2) is 7.07. The van der Waals surface area contributed by atoms with Crippen molar-refractivity contribution in [3.63, 3.8) is 0 Å². The molecule has 1 amide bonds. The van der Waals surface area contributed by atoms with E-state index in [1.165, 1.54) is 24.9 Å². The lowest BCUT2D eigenvalue weighted by Crippen LogP contribution is -2.37. The Morgan fingerprint density at radius 2 is 1.68 bits per heavy atom. The van der Waals surface area contributed by atoms with Crippen LogP contribution in [-0.2, 0) is 4.79 Å². The van der Waals surface area contributed by atoms with E-state index in [0.29, 0.717) is 17.4 Å². The third kappa shape index (κ3) is 3.51. The van der Waals surface area contributed by atoms with Crippen molar-refractivity contribution in [2.24, 2.45) is 17.8 Å². The van der Waals surface area contributed by atoms with Crippen LogP contribution in [0, 0.1) is 29.1 Å². The van der Waals surface area contributed by atoms with E-state index >= 15 is 0 Å². The molecule has 132 valence electrons. The van der Waals surface area contributed by atoms with Gasteiger partial charge in [0.15, 0.2) is 0 Å². The van der Waals surface area contributed by atoms with Crippen LogP contribution in [0.4, 0.5) is 5.69 Å². The van der Waals surface area contributed by atoms with Crippen LogP contribution in [0.5, 0.6) is 0 Å². The zero-order valence-corrected chi connectivity index (χ0v) is 14.9. The van der Waals surface area contributed by atoms with Crippen molar-refractivity contribution < 1.29 is 4.79 Å². The van der Waals surface area contributed by atoms with Gasteiger partial charge in [-0.05, 0) is 67.7 Å². The molecular formula is C21H27N3O. The molecule has 4 heteroatoms. The predicted octanol–water partition coefficient (Wildman–Crippen LogP) is 3.42. The average molecular weight is 337 g/mol. The van der Waals surface area contributed by atoms with Crippen LogP contribution in [0.3, 0.4) is 0 Å². The molecule has 0 N–H and O–H groups in total. The molecule has 2 aliphatic heterocycles. The Balaban J connectivity index is 1.26. The highest BCUT2D eigenvalue weighted by Gasteiger charge is 2.38. The Morgan fingerprint density at radius 1 is 1.04 bits per heavy atom. The zero-order chi connectivity index (χ0) is 17.2. The molecule has 1 saturated carbocycles. The summed E-state index contributed by atoms with van der Waals surface area (Å²) in [4.78, 5) is 17.2. The van der Waals surface area contributed by atoms with Crippen molar-refractivity contribution in [3.05, 3.63) is 29.8 Å². The first-order chi connectivity index (χ1) is 12.2. The van der Waals surface area contributed by atoms with Crippen molar-refractivity contribution in [1.29, 1.82) is 5.26 Å². The van der Waals surface area contributed by atoms with Gasteiger partial charge in [0.2, 0.25) is 5.91 Å². The smallest absolute Gasteiger partial charge is 0.222 e. The van der Waals surface area contributed by atoms with E-state index in [2.05, 4.69) is 15.9 Å². The second-order valence-corrected chi connectivity index (χ2v) is 8.04. The number of piperidine rings is 1. The monoisotopic (exact) mass is 337 g/mol. The van der Waals surface area contributed by atoms with Crippen LogP contribution >= 0.6 is 0 Å². The molecule has 1 aromatic carbocycles. The first kappa shape index (κ1) is 16.4. The molecule has 3 aliphatic rings. The minimum absolute atomic E-state index is 0.395. The Kier molecular flexibility index (Phi) is 4.65. The van der Waals surface area contributed by atoms with E-state index in [1.54, 1.807) is 0 Å². The van der Waals surface area contributed by atoms with E-state index in [4.69, 9.17) is 5.26 Å². The van der Waals surface area contributed by atoms with E-state index in [9.17, 15) is 4.79 Å². The molecule has 1 aliphatic carbocycles. The topological polar surface area (TPSA) is 47.3 Å². The molecule has 0 aromatic heterocycles. The molecule has 2 heterocycles. The molecule has 0 bridgehead atoms. The van der Waals surface area contributed by atoms with Gasteiger partial charge < -0.3 is 9.80 Å². The molecule has 0 spiro atoms.